The summed E-state index contributed by atoms with van der Waals surface area (Å²) in [6.07, 6.45) is 1.90. The summed E-state index contributed by atoms with van der Waals surface area (Å²) in [4.78, 5) is 5.98. The number of nitrogens with two attached hydrogens (primary N) is 1. The third-order valence-electron chi connectivity index (χ3n) is 4.24. The molecule has 0 amide bonds. The van der Waals surface area contributed by atoms with Gasteiger partial charge in [-0.05, 0) is 18.5 Å². The highest BCUT2D eigenvalue weighted by molar-refractivity contribution is 7.15. The maximum absolute atomic E-state index is 5.89. The van der Waals surface area contributed by atoms with Crippen LogP contribution in [0.25, 0.3) is 16.2 Å². The van der Waals surface area contributed by atoms with Crippen LogP contribution in [0, 0.1) is 0 Å². The minimum atomic E-state index is 0.0889. The largest absolute Gasteiger partial charge is 0.330 e. The van der Waals surface area contributed by atoms with Gasteiger partial charge in [0.1, 0.15) is 0 Å². The van der Waals surface area contributed by atoms with Crippen LogP contribution in [0.5, 0.6) is 0 Å². The van der Waals surface area contributed by atoms with Crippen molar-refractivity contribution in [2.75, 3.05) is 6.54 Å². The number of rotatable bonds is 4. The smallest absolute Gasteiger partial charge is 0.194 e. The van der Waals surface area contributed by atoms with Crippen LogP contribution in [0.15, 0.2) is 29.6 Å². The lowest BCUT2D eigenvalue weighted by Gasteiger charge is -2.18. The summed E-state index contributed by atoms with van der Waals surface area (Å²) in [5.74, 6) is 0. The molecule has 3 rings (SSSR count). The Bertz CT molecular complexity index is 804. The summed E-state index contributed by atoms with van der Waals surface area (Å²) in [5, 5.41) is 2.23. The van der Waals surface area contributed by atoms with Gasteiger partial charge >= 0.3 is 0 Å². The third kappa shape index (κ3) is 2.93. The second-order valence-corrected chi connectivity index (χ2v) is 7.82. The molecule has 0 saturated heterocycles. The van der Waals surface area contributed by atoms with Gasteiger partial charge in [-0.15, -0.1) is 11.3 Å². The summed E-state index contributed by atoms with van der Waals surface area (Å²) in [5.41, 5.74) is 12.1. The number of hydrogen-bond acceptors (Lipinski definition) is 3. The van der Waals surface area contributed by atoms with Gasteiger partial charge in [0.15, 0.2) is 4.96 Å². The van der Waals surface area contributed by atoms with Gasteiger partial charge in [-0.3, -0.25) is 4.40 Å². The van der Waals surface area contributed by atoms with Gasteiger partial charge in [-0.1, -0.05) is 52.0 Å². The van der Waals surface area contributed by atoms with Crippen LogP contribution in [-0.4, -0.2) is 15.9 Å². The van der Waals surface area contributed by atoms with Crippen LogP contribution < -0.4 is 5.73 Å². The first-order valence-corrected chi connectivity index (χ1v) is 9.12. The Kier molecular flexibility index (Phi) is 4.30. The van der Waals surface area contributed by atoms with Crippen LogP contribution in [-0.2, 0) is 18.3 Å². The summed E-state index contributed by atoms with van der Waals surface area (Å²) >= 11 is 1.72. The van der Waals surface area contributed by atoms with Crippen LogP contribution in [0.4, 0.5) is 0 Å². The van der Waals surface area contributed by atoms with Gasteiger partial charge in [-0.2, -0.15) is 0 Å². The van der Waals surface area contributed by atoms with E-state index in [0.29, 0.717) is 6.54 Å². The summed E-state index contributed by atoms with van der Waals surface area (Å²) in [6, 6.07) is 8.75. The molecule has 0 spiro atoms. The van der Waals surface area contributed by atoms with Gasteiger partial charge in [0.05, 0.1) is 11.4 Å². The molecule has 0 radical (unpaired) electrons. The molecule has 0 unspecified atom stereocenters. The van der Waals surface area contributed by atoms with E-state index in [1.807, 2.05) is 0 Å². The molecule has 2 N–H and O–H groups in total. The molecular weight excluding hydrogens is 302 g/mol. The second-order valence-electron chi connectivity index (χ2n) is 6.99. The van der Waals surface area contributed by atoms with Crippen molar-refractivity contribution in [1.82, 2.24) is 9.38 Å². The predicted octanol–water partition coefficient (Wildman–Crippen LogP) is 4.42. The standard InChI is InChI=1S/C19H25N3S/c1-5-13-6-8-14(9-7-13)17-15(10-11-20)22-16(19(2,3)4)12-23-18(22)21-17/h6-9,12H,5,10-11,20H2,1-4H3. The molecule has 2 heterocycles. The molecule has 4 heteroatoms. The lowest BCUT2D eigenvalue weighted by Crippen LogP contribution is -2.16. The number of imidazole rings is 1. The first kappa shape index (κ1) is 16.2. The molecule has 3 aromatic rings. The molecule has 0 fully saturated rings. The molecule has 23 heavy (non-hydrogen) atoms. The molecule has 2 aromatic heterocycles. The molecule has 122 valence electrons. The van der Waals surface area contributed by atoms with Crippen LogP contribution in [0.2, 0.25) is 0 Å². The highest BCUT2D eigenvalue weighted by Crippen LogP contribution is 2.33. The van der Waals surface area contributed by atoms with Crippen molar-refractivity contribution in [3.8, 4) is 11.3 Å². The molecule has 3 nitrogen and oxygen atoms in total. The molecule has 0 saturated carbocycles. The van der Waals surface area contributed by atoms with Crippen molar-refractivity contribution in [3.63, 3.8) is 0 Å². The Morgan fingerprint density at radius 2 is 1.87 bits per heavy atom. The number of aromatic nitrogens is 2. The topological polar surface area (TPSA) is 43.3 Å². The number of nitrogens with zero attached hydrogens (tertiary/aromatic N) is 2. The summed E-state index contributed by atoms with van der Waals surface area (Å²) in [7, 11) is 0. The minimum Gasteiger partial charge on any atom is -0.330 e. The van der Waals surface area contributed by atoms with Gasteiger partial charge in [0.25, 0.3) is 0 Å². The van der Waals surface area contributed by atoms with E-state index in [4.69, 9.17) is 10.7 Å². The van der Waals surface area contributed by atoms with Crippen molar-refractivity contribution >= 4 is 16.3 Å². The fourth-order valence-corrected chi connectivity index (χ4v) is 4.06. The van der Waals surface area contributed by atoms with Gasteiger partial charge in [0.2, 0.25) is 0 Å². The van der Waals surface area contributed by atoms with Gasteiger partial charge in [-0.25, -0.2) is 4.98 Å². The first-order chi connectivity index (χ1) is 11.0. The summed E-state index contributed by atoms with van der Waals surface area (Å²) < 4.78 is 2.32. The van der Waals surface area contributed by atoms with Crippen molar-refractivity contribution in [1.29, 1.82) is 0 Å². The quantitative estimate of drug-likeness (QED) is 0.770. The SMILES string of the molecule is CCc1ccc(-c2nc3scc(C(C)(C)C)n3c2CCN)cc1. The van der Waals surface area contributed by atoms with E-state index in [9.17, 15) is 0 Å². The average molecular weight is 327 g/mol. The van der Waals surface area contributed by atoms with Crippen LogP contribution in [0.3, 0.4) is 0 Å². The van der Waals surface area contributed by atoms with E-state index >= 15 is 0 Å². The normalized spacial score (nSPS) is 12.2. The molecule has 1 aromatic carbocycles. The van der Waals surface area contributed by atoms with E-state index in [2.05, 4.69) is 61.7 Å². The Hall–Kier alpha value is -1.65. The number of thiazole rings is 1. The van der Waals surface area contributed by atoms with Crippen LogP contribution in [0.1, 0.15) is 44.6 Å². The number of fused-ring (bicyclic) bond motifs is 1. The van der Waals surface area contributed by atoms with Crippen molar-refractivity contribution in [2.24, 2.45) is 5.73 Å². The molecule has 0 aliphatic rings. The molecule has 0 aliphatic heterocycles. The number of benzene rings is 1. The van der Waals surface area contributed by atoms with Crippen molar-refractivity contribution in [3.05, 3.63) is 46.6 Å². The van der Waals surface area contributed by atoms with Crippen molar-refractivity contribution in [2.45, 2.75) is 46.0 Å². The zero-order chi connectivity index (χ0) is 16.6. The van der Waals surface area contributed by atoms with Crippen molar-refractivity contribution < 1.29 is 0 Å². The Morgan fingerprint density at radius 1 is 1.17 bits per heavy atom. The second kappa shape index (κ2) is 6.10. The van der Waals surface area contributed by atoms with Crippen LogP contribution >= 0.6 is 11.3 Å². The maximum atomic E-state index is 5.89. The van der Waals surface area contributed by atoms with Gasteiger partial charge < -0.3 is 5.73 Å². The molecular formula is C19H25N3S. The third-order valence-corrected chi connectivity index (χ3v) is 5.07. The molecule has 0 atom stereocenters. The van der Waals surface area contributed by atoms with E-state index in [-0.39, 0.29) is 5.41 Å². The van der Waals surface area contributed by atoms with E-state index in [1.165, 1.54) is 22.5 Å². The monoisotopic (exact) mass is 327 g/mol. The average Bonchev–Trinajstić information content (AvgIpc) is 3.07. The highest BCUT2D eigenvalue weighted by Gasteiger charge is 2.23. The zero-order valence-electron chi connectivity index (χ0n) is 14.4. The molecule has 0 aliphatic carbocycles. The lowest BCUT2D eigenvalue weighted by molar-refractivity contribution is 0.561. The number of hydrogen-bond donors (Lipinski definition) is 1. The Balaban J connectivity index is 2.20. The minimum absolute atomic E-state index is 0.0889. The highest BCUT2D eigenvalue weighted by atomic mass is 32.1. The Morgan fingerprint density at radius 3 is 2.43 bits per heavy atom. The Labute approximate surface area is 142 Å². The van der Waals surface area contributed by atoms with E-state index in [0.717, 1.165) is 23.5 Å². The molecule has 0 bridgehead atoms. The first-order valence-electron chi connectivity index (χ1n) is 8.24. The van der Waals surface area contributed by atoms with Gasteiger partial charge in [0, 0.05) is 28.5 Å². The van der Waals surface area contributed by atoms with E-state index < -0.39 is 0 Å². The number of aryl methyl sites for hydroxylation is 1. The predicted molar refractivity (Wildman–Crippen MR) is 99.3 cm³/mol. The maximum Gasteiger partial charge on any atom is 0.194 e. The fourth-order valence-electron chi connectivity index (χ4n) is 2.93. The fraction of sp³-hybridized carbons (Fsp3) is 0.421. The zero-order valence-corrected chi connectivity index (χ0v) is 15.2. The van der Waals surface area contributed by atoms with E-state index in [1.54, 1.807) is 11.3 Å². The summed E-state index contributed by atoms with van der Waals surface area (Å²) in [6.45, 7) is 9.55. The lowest BCUT2D eigenvalue weighted by atomic mass is 9.93.